The quantitative estimate of drug-likeness (QED) is 0.639. The van der Waals surface area contributed by atoms with Crippen LogP contribution in [0.2, 0.25) is 0 Å². The second kappa shape index (κ2) is 4.75. The van der Waals surface area contributed by atoms with Crippen molar-refractivity contribution < 1.29 is 0 Å². The van der Waals surface area contributed by atoms with Gasteiger partial charge in [0.15, 0.2) is 0 Å². The zero-order valence-electron chi connectivity index (χ0n) is 8.39. The fraction of sp³-hybridized carbons (Fsp3) is 0.500. The molecular weight excluding hydrogens is 148 g/mol. The largest absolute Gasteiger partial charge is 0.393 e. The Bertz CT molecular complexity index is 194. The van der Waals surface area contributed by atoms with Crippen molar-refractivity contribution in [3.63, 3.8) is 0 Å². The Balaban J connectivity index is 4.45. The molecule has 0 aromatic carbocycles. The molecule has 2 nitrogen and oxygen atoms in total. The van der Waals surface area contributed by atoms with Crippen LogP contribution in [0.4, 0.5) is 0 Å². The molecule has 0 rings (SSSR count). The van der Waals surface area contributed by atoms with Crippen molar-refractivity contribution in [1.82, 2.24) is 5.32 Å². The SMILES string of the molecule is C=C/C(=N\C=C/NC)C(C)(C)C. The molecule has 0 aliphatic rings. The Hall–Kier alpha value is -1.05. The van der Waals surface area contributed by atoms with Crippen molar-refractivity contribution in [2.75, 3.05) is 7.05 Å². The number of hydrogen-bond acceptors (Lipinski definition) is 2. The second-order valence-corrected chi connectivity index (χ2v) is 3.57. The van der Waals surface area contributed by atoms with Crippen molar-refractivity contribution in [1.29, 1.82) is 0 Å². The average molecular weight is 166 g/mol. The number of aliphatic imine (C=N–C) groups is 1. The summed E-state index contributed by atoms with van der Waals surface area (Å²) in [6.45, 7) is 10.1. The van der Waals surface area contributed by atoms with Gasteiger partial charge in [-0.15, -0.1) is 0 Å². The summed E-state index contributed by atoms with van der Waals surface area (Å²) >= 11 is 0. The van der Waals surface area contributed by atoms with Gasteiger partial charge < -0.3 is 5.32 Å². The van der Waals surface area contributed by atoms with Crippen LogP contribution in [-0.2, 0) is 0 Å². The fourth-order valence-electron chi connectivity index (χ4n) is 0.745. The smallest absolute Gasteiger partial charge is 0.0451 e. The molecule has 0 bridgehead atoms. The van der Waals surface area contributed by atoms with Crippen LogP contribution in [0.25, 0.3) is 0 Å². The van der Waals surface area contributed by atoms with Crippen LogP contribution in [0.3, 0.4) is 0 Å². The van der Waals surface area contributed by atoms with Crippen LogP contribution in [0, 0.1) is 5.41 Å². The van der Waals surface area contributed by atoms with Crippen LogP contribution in [0.5, 0.6) is 0 Å². The Kier molecular flexibility index (Phi) is 4.34. The van der Waals surface area contributed by atoms with Crippen LogP contribution in [-0.4, -0.2) is 12.8 Å². The van der Waals surface area contributed by atoms with Gasteiger partial charge in [0.2, 0.25) is 0 Å². The Morgan fingerprint density at radius 2 is 2.00 bits per heavy atom. The first-order valence-corrected chi connectivity index (χ1v) is 4.05. The van der Waals surface area contributed by atoms with E-state index >= 15 is 0 Å². The molecule has 0 aromatic rings. The average Bonchev–Trinajstić information content (AvgIpc) is 1.95. The second-order valence-electron chi connectivity index (χ2n) is 3.57. The summed E-state index contributed by atoms with van der Waals surface area (Å²) in [5.41, 5.74) is 1.06. The Labute approximate surface area is 75.1 Å². The molecule has 0 atom stereocenters. The number of allylic oxidation sites excluding steroid dienone is 1. The molecule has 2 heteroatoms. The summed E-state index contributed by atoms with van der Waals surface area (Å²) in [7, 11) is 1.84. The van der Waals surface area contributed by atoms with E-state index in [1.165, 1.54) is 0 Å². The Morgan fingerprint density at radius 3 is 2.33 bits per heavy atom. The highest BCUT2D eigenvalue weighted by Crippen LogP contribution is 2.16. The van der Waals surface area contributed by atoms with Crippen molar-refractivity contribution in [3.8, 4) is 0 Å². The molecule has 12 heavy (non-hydrogen) atoms. The summed E-state index contributed by atoms with van der Waals surface area (Å²) in [5.74, 6) is 0. The number of nitrogens with zero attached hydrogens (tertiary/aromatic N) is 1. The minimum Gasteiger partial charge on any atom is -0.393 e. The van der Waals surface area contributed by atoms with E-state index in [0.717, 1.165) is 5.71 Å². The van der Waals surface area contributed by atoms with Crippen molar-refractivity contribution >= 4 is 5.71 Å². The number of hydrogen-bond donors (Lipinski definition) is 1. The zero-order chi connectivity index (χ0) is 9.61. The lowest BCUT2D eigenvalue weighted by atomic mass is 9.90. The molecule has 0 spiro atoms. The van der Waals surface area contributed by atoms with Gasteiger partial charge in [0.25, 0.3) is 0 Å². The maximum atomic E-state index is 4.26. The van der Waals surface area contributed by atoms with Gasteiger partial charge in [0.1, 0.15) is 0 Å². The minimum absolute atomic E-state index is 0.0693. The highest BCUT2D eigenvalue weighted by molar-refractivity contribution is 5.98. The molecule has 0 aliphatic carbocycles. The van der Waals surface area contributed by atoms with E-state index in [4.69, 9.17) is 0 Å². The van der Waals surface area contributed by atoms with Crippen molar-refractivity contribution in [3.05, 3.63) is 25.1 Å². The molecule has 0 aromatic heterocycles. The van der Waals surface area contributed by atoms with E-state index in [1.54, 1.807) is 18.5 Å². The first-order chi connectivity index (χ1) is 5.52. The maximum Gasteiger partial charge on any atom is 0.0451 e. The van der Waals surface area contributed by atoms with Gasteiger partial charge in [-0.2, -0.15) is 0 Å². The third-order valence-corrected chi connectivity index (χ3v) is 1.42. The summed E-state index contributed by atoms with van der Waals surface area (Å²) < 4.78 is 0. The summed E-state index contributed by atoms with van der Waals surface area (Å²) in [6.07, 6.45) is 5.32. The molecule has 0 aliphatic heterocycles. The van der Waals surface area contributed by atoms with Gasteiger partial charge >= 0.3 is 0 Å². The monoisotopic (exact) mass is 166 g/mol. The van der Waals surface area contributed by atoms with Crippen LogP contribution in [0.15, 0.2) is 30.0 Å². The summed E-state index contributed by atoms with van der Waals surface area (Å²) in [4.78, 5) is 4.26. The molecule has 0 saturated carbocycles. The molecule has 0 saturated heterocycles. The van der Waals surface area contributed by atoms with E-state index in [1.807, 2.05) is 7.05 Å². The van der Waals surface area contributed by atoms with Crippen LogP contribution >= 0.6 is 0 Å². The van der Waals surface area contributed by atoms with Crippen molar-refractivity contribution in [2.45, 2.75) is 20.8 Å². The summed E-state index contributed by atoms with van der Waals surface area (Å²) in [6, 6.07) is 0. The Morgan fingerprint density at radius 1 is 1.42 bits per heavy atom. The third-order valence-electron chi connectivity index (χ3n) is 1.42. The number of rotatable bonds is 3. The lowest BCUT2D eigenvalue weighted by Gasteiger charge is -2.17. The van der Waals surface area contributed by atoms with Gasteiger partial charge in [-0.3, -0.25) is 4.99 Å². The van der Waals surface area contributed by atoms with Crippen molar-refractivity contribution in [2.24, 2.45) is 10.4 Å². The minimum atomic E-state index is 0.0693. The standard InChI is InChI=1S/C10H18N2/c1-6-9(10(2,3)4)12-8-7-11-5/h6-8,11H,1H2,2-5H3/b8-7-,12-9+. The van der Waals surface area contributed by atoms with Gasteiger partial charge in [-0.05, 0) is 6.08 Å². The highest BCUT2D eigenvalue weighted by atomic mass is 14.8. The molecular formula is C10H18N2. The van der Waals surface area contributed by atoms with Gasteiger partial charge in [-0.1, -0.05) is 27.4 Å². The van der Waals surface area contributed by atoms with Gasteiger partial charge in [-0.25, -0.2) is 0 Å². The molecule has 0 heterocycles. The first kappa shape index (κ1) is 11.0. The lowest BCUT2D eigenvalue weighted by molar-refractivity contribution is 0.594. The van der Waals surface area contributed by atoms with E-state index in [0.29, 0.717) is 0 Å². The maximum absolute atomic E-state index is 4.26. The van der Waals surface area contributed by atoms with Gasteiger partial charge in [0.05, 0.1) is 0 Å². The van der Waals surface area contributed by atoms with Gasteiger partial charge in [0, 0.05) is 30.6 Å². The lowest BCUT2D eigenvalue weighted by Crippen LogP contribution is -2.17. The molecule has 0 unspecified atom stereocenters. The fourth-order valence-corrected chi connectivity index (χ4v) is 0.745. The van der Waals surface area contributed by atoms with Crippen LogP contribution < -0.4 is 5.32 Å². The predicted octanol–water partition coefficient (Wildman–Crippen LogP) is 2.35. The van der Waals surface area contributed by atoms with E-state index in [2.05, 4.69) is 37.7 Å². The van der Waals surface area contributed by atoms with E-state index < -0.39 is 0 Å². The molecule has 0 fully saturated rings. The zero-order valence-corrected chi connectivity index (χ0v) is 8.39. The molecule has 68 valence electrons. The first-order valence-electron chi connectivity index (χ1n) is 4.05. The third kappa shape index (κ3) is 3.96. The number of nitrogens with one attached hydrogen (secondary N) is 1. The highest BCUT2D eigenvalue weighted by Gasteiger charge is 2.14. The molecule has 0 radical (unpaired) electrons. The molecule has 0 amide bonds. The van der Waals surface area contributed by atoms with E-state index in [9.17, 15) is 0 Å². The van der Waals surface area contributed by atoms with E-state index in [-0.39, 0.29) is 5.41 Å². The van der Waals surface area contributed by atoms with Crippen LogP contribution in [0.1, 0.15) is 20.8 Å². The predicted molar refractivity (Wildman–Crippen MR) is 55.3 cm³/mol. The molecule has 1 N–H and O–H groups in total. The normalized spacial score (nSPS) is 13.5. The topological polar surface area (TPSA) is 24.4 Å². The summed E-state index contributed by atoms with van der Waals surface area (Å²) in [5, 5.41) is 2.88.